The number of hydrogen-bond acceptors (Lipinski definition) is 2. The Morgan fingerprint density at radius 3 is 2.75 bits per heavy atom. The van der Waals surface area contributed by atoms with Crippen LogP contribution in [0.1, 0.15) is 47.3 Å². The molecule has 2 aromatic rings. The Bertz CT molecular complexity index is 621. The second-order valence-electron chi connectivity index (χ2n) is 5.07. The third kappa shape index (κ3) is 2.82. The van der Waals surface area contributed by atoms with Crippen molar-refractivity contribution in [3.63, 3.8) is 0 Å². The van der Waals surface area contributed by atoms with Crippen LogP contribution in [0, 0.1) is 13.8 Å². The van der Waals surface area contributed by atoms with E-state index >= 15 is 0 Å². The van der Waals surface area contributed by atoms with Gasteiger partial charge in [-0.3, -0.25) is 4.79 Å². The summed E-state index contributed by atoms with van der Waals surface area (Å²) in [4.78, 5) is 14.5. The minimum Gasteiger partial charge on any atom is -0.357 e. The van der Waals surface area contributed by atoms with E-state index in [9.17, 15) is 4.79 Å². The fourth-order valence-corrected chi connectivity index (χ4v) is 2.42. The highest BCUT2D eigenvalue weighted by Gasteiger charge is 2.10. The number of amides is 1. The highest BCUT2D eigenvalue weighted by atomic mass is 16.2. The van der Waals surface area contributed by atoms with E-state index in [0.717, 1.165) is 11.3 Å². The zero-order chi connectivity index (χ0) is 14.7. The summed E-state index contributed by atoms with van der Waals surface area (Å²) < 4.78 is 2.24. The Morgan fingerprint density at radius 2 is 2.20 bits per heavy atom. The van der Waals surface area contributed by atoms with Gasteiger partial charge >= 0.3 is 0 Å². The molecule has 0 saturated heterocycles. The summed E-state index contributed by atoms with van der Waals surface area (Å²) in [5.41, 5.74) is 6.36. The zero-order valence-electron chi connectivity index (χ0n) is 12.3. The highest BCUT2D eigenvalue weighted by molar-refractivity contribution is 5.93. The molecular formula is C15H20N4O. The van der Waals surface area contributed by atoms with Gasteiger partial charge in [-0.15, -0.1) is 0 Å². The second kappa shape index (κ2) is 5.77. The SMILES string of the molecule is Cc1cc(/C=N\NC(=O)c2ccc[nH]2)c(C)n1C(C)C. The van der Waals surface area contributed by atoms with Gasteiger partial charge in [-0.1, -0.05) is 0 Å². The molecule has 0 atom stereocenters. The van der Waals surface area contributed by atoms with Crippen molar-refractivity contribution in [1.29, 1.82) is 0 Å². The summed E-state index contributed by atoms with van der Waals surface area (Å²) in [5.74, 6) is -0.246. The summed E-state index contributed by atoms with van der Waals surface area (Å²) >= 11 is 0. The van der Waals surface area contributed by atoms with E-state index in [4.69, 9.17) is 0 Å². The van der Waals surface area contributed by atoms with Crippen LogP contribution in [0.5, 0.6) is 0 Å². The largest absolute Gasteiger partial charge is 0.357 e. The lowest BCUT2D eigenvalue weighted by Gasteiger charge is -2.13. The van der Waals surface area contributed by atoms with Gasteiger partial charge in [0.05, 0.1) is 6.21 Å². The summed E-state index contributed by atoms with van der Waals surface area (Å²) in [6, 6.07) is 5.95. The summed E-state index contributed by atoms with van der Waals surface area (Å²) in [5, 5.41) is 4.01. The van der Waals surface area contributed by atoms with E-state index in [1.54, 1.807) is 24.5 Å². The number of H-pyrrole nitrogens is 1. The van der Waals surface area contributed by atoms with E-state index in [0.29, 0.717) is 11.7 Å². The van der Waals surface area contributed by atoms with Crippen LogP contribution in [-0.4, -0.2) is 21.7 Å². The molecule has 5 nitrogen and oxygen atoms in total. The van der Waals surface area contributed by atoms with Crippen LogP contribution in [0.15, 0.2) is 29.5 Å². The first-order valence-electron chi connectivity index (χ1n) is 6.66. The van der Waals surface area contributed by atoms with Crippen molar-refractivity contribution in [3.8, 4) is 0 Å². The molecule has 2 heterocycles. The molecule has 1 amide bonds. The van der Waals surface area contributed by atoms with Crippen molar-refractivity contribution in [2.45, 2.75) is 33.7 Å². The lowest BCUT2D eigenvalue weighted by atomic mass is 10.2. The van der Waals surface area contributed by atoms with E-state index in [-0.39, 0.29) is 5.91 Å². The first-order valence-corrected chi connectivity index (χ1v) is 6.66. The van der Waals surface area contributed by atoms with Gasteiger partial charge in [-0.25, -0.2) is 5.43 Å². The predicted octanol–water partition coefficient (Wildman–Crippen LogP) is 2.78. The standard InChI is InChI=1S/C15H20N4O/c1-10(2)19-11(3)8-13(12(19)4)9-17-18-15(20)14-6-5-7-16-14/h5-10,16H,1-4H3,(H,18,20)/b17-9-. The number of nitrogens with zero attached hydrogens (tertiary/aromatic N) is 2. The first-order chi connectivity index (χ1) is 9.50. The van der Waals surface area contributed by atoms with Gasteiger partial charge in [-0.2, -0.15) is 5.10 Å². The third-order valence-corrected chi connectivity index (χ3v) is 3.25. The van der Waals surface area contributed by atoms with Crippen LogP contribution in [0.4, 0.5) is 0 Å². The van der Waals surface area contributed by atoms with Crippen LogP contribution < -0.4 is 5.43 Å². The molecule has 106 valence electrons. The maximum absolute atomic E-state index is 11.7. The molecule has 0 aliphatic carbocycles. The van der Waals surface area contributed by atoms with Crippen molar-refractivity contribution in [1.82, 2.24) is 15.0 Å². The van der Waals surface area contributed by atoms with Gasteiger partial charge in [0.15, 0.2) is 0 Å². The predicted molar refractivity (Wildman–Crippen MR) is 80.1 cm³/mol. The Labute approximate surface area is 118 Å². The number of nitrogens with one attached hydrogen (secondary N) is 2. The molecular weight excluding hydrogens is 252 g/mol. The van der Waals surface area contributed by atoms with Crippen LogP contribution in [0.25, 0.3) is 0 Å². The fourth-order valence-electron chi connectivity index (χ4n) is 2.42. The average molecular weight is 272 g/mol. The van der Waals surface area contributed by atoms with Gasteiger partial charge in [0.2, 0.25) is 0 Å². The van der Waals surface area contributed by atoms with E-state index in [1.165, 1.54) is 5.69 Å². The Kier molecular flexibility index (Phi) is 4.08. The monoisotopic (exact) mass is 272 g/mol. The van der Waals surface area contributed by atoms with Crippen molar-refractivity contribution < 1.29 is 4.79 Å². The van der Waals surface area contributed by atoms with Crippen LogP contribution in [0.2, 0.25) is 0 Å². The molecule has 0 radical (unpaired) electrons. The Balaban J connectivity index is 2.09. The Hall–Kier alpha value is -2.30. The number of carbonyl (C=O) groups excluding carboxylic acids is 1. The maximum atomic E-state index is 11.7. The molecule has 0 unspecified atom stereocenters. The molecule has 0 fully saturated rings. The molecule has 0 aromatic carbocycles. The second-order valence-corrected chi connectivity index (χ2v) is 5.07. The van der Waals surface area contributed by atoms with E-state index in [1.807, 2.05) is 0 Å². The number of rotatable bonds is 4. The summed E-state index contributed by atoms with van der Waals surface area (Å²) in [6.45, 7) is 8.42. The maximum Gasteiger partial charge on any atom is 0.287 e. The fraction of sp³-hybridized carbons (Fsp3) is 0.333. The molecule has 0 aliphatic rings. The van der Waals surface area contributed by atoms with Crippen molar-refractivity contribution in [2.24, 2.45) is 5.10 Å². The molecule has 0 saturated carbocycles. The molecule has 0 bridgehead atoms. The Morgan fingerprint density at radius 1 is 1.45 bits per heavy atom. The summed E-state index contributed by atoms with van der Waals surface area (Å²) in [7, 11) is 0. The quantitative estimate of drug-likeness (QED) is 0.652. The van der Waals surface area contributed by atoms with Gasteiger partial charge in [-0.05, 0) is 45.9 Å². The molecule has 2 aromatic heterocycles. The normalized spacial score (nSPS) is 11.4. The molecule has 20 heavy (non-hydrogen) atoms. The number of aromatic amines is 1. The van der Waals surface area contributed by atoms with Gasteiger partial charge in [0.1, 0.15) is 5.69 Å². The van der Waals surface area contributed by atoms with Gasteiger partial charge < -0.3 is 9.55 Å². The van der Waals surface area contributed by atoms with Crippen LogP contribution in [-0.2, 0) is 0 Å². The summed E-state index contributed by atoms with van der Waals surface area (Å²) in [6.07, 6.45) is 3.39. The molecule has 0 aliphatic heterocycles. The van der Waals surface area contributed by atoms with Crippen LogP contribution >= 0.6 is 0 Å². The number of hydrogen-bond donors (Lipinski definition) is 2. The van der Waals surface area contributed by atoms with E-state index in [2.05, 4.69) is 53.8 Å². The zero-order valence-corrected chi connectivity index (χ0v) is 12.3. The minimum atomic E-state index is -0.246. The smallest absolute Gasteiger partial charge is 0.287 e. The average Bonchev–Trinajstić information content (AvgIpc) is 2.98. The number of carbonyl (C=O) groups is 1. The van der Waals surface area contributed by atoms with E-state index < -0.39 is 0 Å². The van der Waals surface area contributed by atoms with Gasteiger partial charge in [0.25, 0.3) is 5.91 Å². The highest BCUT2D eigenvalue weighted by Crippen LogP contribution is 2.18. The van der Waals surface area contributed by atoms with Crippen molar-refractivity contribution >= 4 is 12.1 Å². The minimum absolute atomic E-state index is 0.246. The van der Waals surface area contributed by atoms with Gasteiger partial charge in [0, 0.05) is 29.2 Å². The molecule has 5 heteroatoms. The number of aromatic nitrogens is 2. The number of aryl methyl sites for hydroxylation is 1. The van der Waals surface area contributed by atoms with Crippen molar-refractivity contribution in [2.75, 3.05) is 0 Å². The van der Waals surface area contributed by atoms with Crippen LogP contribution in [0.3, 0.4) is 0 Å². The molecule has 2 rings (SSSR count). The topological polar surface area (TPSA) is 62.2 Å². The lowest BCUT2D eigenvalue weighted by molar-refractivity contribution is 0.0951. The lowest BCUT2D eigenvalue weighted by Crippen LogP contribution is -2.17. The van der Waals surface area contributed by atoms with Crippen molar-refractivity contribution in [3.05, 3.63) is 47.0 Å². The first kappa shape index (κ1) is 14.1. The number of hydrazone groups is 1. The third-order valence-electron chi connectivity index (χ3n) is 3.25. The molecule has 2 N–H and O–H groups in total. The molecule has 0 spiro atoms.